The van der Waals surface area contributed by atoms with Crippen LogP contribution in [0.2, 0.25) is 0 Å². The van der Waals surface area contributed by atoms with Crippen LogP contribution < -0.4 is 0 Å². The Labute approximate surface area is 125 Å². The molecule has 0 bridgehead atoms. The van der Waals surface area contributed by atoms with Gasteiger partial charge in [0.1, 0.15) is 0 Å². The molecule has 3 heterocycles. The highest BCUT2D eigenvalue weighted by Gasteiger charge is 2.45. The van der Waals surface area contributed by atoms with Gasteiger partial charge in [-0.1, -0.05) is 0 Å². The van der Waals surface area contributed by atoms with Crippen LogP contribution in [-0.4, -0.2) is 63.9 Å². The summed E-state index contributed by atoms with van der Waals surface area (Å²) >= 11 is 0. The summed E-state index contributed by atoms with van der Waals surface area (Å²) in [7, 11) is 1.92. The number of hydrogen-bond donors (Lipinski definition) is 0. The number of aryl methyl sites for hydroxylation is 1. The second-order valence-corrected chi connectivity index (χ2v) is 6.23. The first kappa shape index (κ1) is 14.5. The van der Waals surface area contributed by atoms with Crippen molar-refractivity contribution in [3.63, 3.8) is 0 Å². The van der Waals surface area contributed by atoms with Gasteiger partial charge in [0.2, 0.25) is 5.91 Å². The third-order valence-electron chi connectivity index (χ3n) is 4.68. The normalized spacial score (nSPS) is 27.2. The molecule has 2 aliphatic heterocycles. The Balaban J connectivity index is 1.72. The zero-order valence-electron chi connectivity index (χ0n) is 12.9. The van der Waals surface area contributed by atoms with E-state index in [-0.39, 0.29) is 11.4 Å². The van der Waals surface area contributed by atoms with Crippen molar-refractivity contribution < 1.29 is 9.53 Å². The Bertz CT molecular complexity index is 510. The number of likely N-dealkylation sites (tertiary alicyclic amines) is 1. The van der Waals surface area contributed by atoms with Crippen LogP contribution in [0.4, 0.5) is 0 Å². The maximum atomic E-state index is 12.9. The van der Waals surface area contributed by atoms with Gasteiger partial charge >= 0.3 is 0 Å². The van der Waals surface area contributed by atoms with E-state index in [4.69, 9.17) is 4.74 Å². The highest BCUT2D eigenvalue weighted by Crippen LogP contribution is 2.32. The van der Waals surface area contributed by atoms with Gasteiger partial charge in [0.05, 0.1) is 24.9 Å². The lowest BCUT2D eigenvalue weighted by Gasteiger charge is -2.39. The minimum absolute atomic E-state index is 0.257. The van der Waals surface area contributed by atoms with Gasteiger partial charge in [-0.25, -0.2) is 0 Å². The van der Waals surface area contributed by atoms with Crippen LogP contribution in [0.1, 0.15) is 25.3 Å². The molecule has 6 heteroatoms. The molecule has 0 aliphatic carbocycles. The van der Waals surface area contributed by atoms with E-state index in [0.717, 1.165) is 39.0 Å². The Morgan fingerprint density at radius 3 is 2.81 bits per heavy atom. The van der Waals surface area contributed by atoms with Crippen molar-refractivity contribution in [3.05, 3.63) is 18.0 Å². The molecule has 1 atom stereocenters. The summed E-state index contributed by atoms with van der Waals surface area (Å²) in [4.78, 5) is 17.2. The Hall–Kier alpha value is -1.40. The first-order valence-electron chi connectivity index (χ1n) is 7.69. The fourth-order valence-electron chi connectivity index (χ4n) is 3.40. The molecule has 6 nitrogen and oxygen atoms in total. The molecule has 0 spiro atoms. The van der Waals surface area contributed by atoms with E-state index in [0.29, 0.717) is 13.2 Å². The predicted molar refractivity (Wildman–Crippen MR) is 78.7 cm³/mol. The number of nitrogens with zero attached hydrogens (tertiary/aromatic N) is 4. The molecule has 0 saturated carbocycles. The minimum atomic E-state index is -0.382. The fourth-order valence-corrected chi connectivity index (χ4v) is 3.40. The third-order valence-corrected chi connectivity index (χ3v) is 4.68. The summed E-state index contributed by atoms with van der Waals surface area (Å²) in [5.41, 5.74) is 0.785. The molecule has 21 heavy (non-hydrogen) atoms. The lowest BCUT2D eigenvalue weighted by atomic mass is 9.96. The SMILES string of the molecule is Cn1cc(CN2CCC[C@@]2(C)C(=O)N2CCOCC2)cn1. The van der Waals surface area contributed by atoms with Crippen molar-refractivity contribution in [1.29, 1.82) is 0 Å². The molecule has 2 saturated heterocycles. The summed E-state index contributed by atoms with van der Waals surface area (Å²) in [6, 6.07) is 0. The van der Waals surface area contributed by atoms with E-state index < -0.39 is 0 Å². The molecule has 1 aromatic rings. The summed E-state index contributed by atoms with van der Waals surface area (Å²) in [5, 5.41) is 4.22. The summed E-state index contributed by atoms with van der Waals surface area (Å²) < 4.78 is 7.16. The second-order valence-electron chi connectivity index (χ2n) is 6.23. The molecule has 3 rings (SSSR count). The quantitative estimate of drug-likeness (QED) is 0.820. The maximum Gasteiger partial charge on any atom is 0.242 e. The predicted octanol–water partition coefficient (Wildman–Crippen LogP) is 0.633. The van der Waals surface area contributed by atoms with Crippen molar-refractivity contribution in [1.82, 2.24) is 19.6 Å². The molecular weight excluding hydrogens is 268 g/mol. The molecule has 2 fully saturated rings. The van der Waals surface area contributed by atoms with Gasteiger partial charge in [-0.2, -0.15) is 5.10 Å². The summed E-state index contributed by atoms with van der Waals surface area (Å²) in [5.74, 6) is 0.257. The highest BCUT2D eigenvalue weighted by atomic mass is 16.5. The van der Waals surface area contributed by atoms with Crippen molar-refractivity contribution in [3.8, 4) is 0 Å². The van der Waals surface area contributed by atoms with Gasteiger partial charge in [0.15, 0.2) is 0 Å². The van der Waals surface area contributed by atoms with Gasteiger partial charge in [0.25, 0.3) is 0 Å². The number of amides is 1. The lowest BCUT2D eigenvalue weighted by Crippen LogP contribution is -2.56. The summed E-state index contributed by atoms with van der Waals surface area (Å²) in [6.45, 7) is 6.61. The fraction of sp³-hybridized carbons (Fsp3) is 0.733. The van der Waals surface area contributed by atoms with Crippen LogP contribution in [-0.2, 0) is 23.1 Å². The van der Waals surface area contributed by atoms with Crippen LogP contribution >= 0.6 is 0 Å². The van der Waals surface area contributed by atoms with Crippen molar-refractivity contribution >= 4 is 5.91 Å². The standard InChI is InChI=1S/C15H24N4O2/c1-15(14(20)18-6-8-21-9-7-18)4-3-5-19(15)12-13-10-16-17(2)11-13/h10-11H,3-9,12H2,1-2H3/t15-/m0/s1. The van der Waals surface area contributed by atoms with Gasteiger partial charge in [-0.15, -0.1) is 0 Å². The van der Waals surface area contributed by atoms with Crippen LogP contribution in [0.5, 0.6) is 0 Å². The van der Waals surface area contributed by atoms with E-state index in [2.05, 4.69) is 16.9 Å². The van der Waals surface area contributed by atoms with E-state index >= 15 is 0 Å². The van der Waals surface area contributed by atoms with E-state index in [1.165, 1.54) is 5.56 Å². The van der Waals surface area contributed by atoms with Crippen LogP contribution in [0.3, 0.4) is 0 Å². The van der Waals surface area contributed by atoms with Crippen molar-refractivity contribution in [2.45, 2.75) is 31.8 Å². The number of morpholine rings is 1. The first-order chi connectivity index (χ1) is 10.1. The monoisotopic (exact) mass is 292 g/mol. The average molecular weight is 292 g/mol. The van der Waals surface area contributed by atoms with E-state index in [9.17, 15) is 4.79 Å². The number of aromatic nitrogens is 2. The molecule has 116 valence electrons. The second kappa shape index (κ2) is 5.77. The molecule has 0 unspecified atom stereocenters. The summed E-state index contributed by atoms with van der Waals surface area (Å²) in [6.07, 6.45) is 5.92. The van der Waals surface area contributed by atoms with E-state index in [1.807, 2.05) is 29.0 Å². The Morgan fingerprint density at radius 1 is 1.38 bits per heavy atom. The van der Waals surface area contributed by atoms with Crippen LogP contribution in [0.25, 0.3) is 0 Å². The zero-order chi connectivity index (χ0) is 14.9. The molecular formula is C15H24N4O2. The lowest BCUT2D eigenvalue weighted by molar-refractivity contribution is -0.146. The van der Waals surface area contributed by atoms with E-state index in [1.54, 1.807) is 0 Å². The average Bonchev–Trinajstić information content (AvgIpc) is 3.07. The molecule has 1 aromatic heterocycles. The van der Waals surface area contributed by atoms with Gasteiger partial charge in [-0.05, 0) is 26.3 Å². The molecule has 0 radical (unpaired) electrons. The number of hydrogen-bond acceptors (Lipinski definition) is 4. The molecule has 1 amide bonds. The Kier molecular flexibility index (Phi) is 3.99. The number of carbonyl (C=O) groups is 1. The van der Waals surface area contributed by atoms with Gasteiger partial charge in [-0.3, -0.25) is 14.4 Å². The maximum absolute atomic E-state index is 12.9. The zero-order valence-corrected chi connectivity index (χ0v) is 12.9. The highest BCUT2D eigenvalue weighted by molar-refractivity contribution is 5.86. The molecule has 0 aromatic carbocycles. The number of ether oxygens (including phenoxy) is 1. The van der Waals surface area contributed by atoms with Crippen molar-refractivity contribution in [2.75, 3.05) is 32.8 Å². The molecule has 2 aliphatic rings. The molecule has 0 N–H and O–H groups in total. The van der Waals surface area contributed by atoms with Gasteiger partial charge < -0.3 is 9.64 Å². The number of carbonyl (C=O) groups excluding carboxylic acids is 1. The topological polar surface area (TPSA) is 50.6 Å². The van der Waals surface area contributed by atoms with Crippen LogP contribution in [0.15, 0.2) is 12.4 Å². The Morgan fingerprint density at radius 2 is 2.14 bits per heavy atom. The first-order valence-corrected chi connectivity index (χ1v) is 7.69. The van der Waals surface area contributed by atoms with Crippen molar-refractivity contribution in [2.24, 2.45) is 7.05 Å². The minimum Gasteiger partial charge on any atom is -0.378 e. The van der Waals surface area contributed by atoms with Gasteiger partial charge in [0, 0.05) is 38.4 Å². The largest absolute Gasteiger partial charge is 0.378 e. The van der Waals surface area contributed by atoms with Crippen LogP contribution in [0, 0.1) is 0 Å². The third kappa shape index (κ3) is 2.82. The smallest absolute Gasteiger partial charge is 0.242 e. The number of rotatable bonds is 3.